The van der Waals surface area contributed by atoms with E-state index in [0.717, 1.165) is 0 Å². The molecule has 0 aliphatic heterocycles. The molecule has 0 aliphatic carbocycles. The Hall–Kier alpha value is -1.36. The molecule has 0 spiro atoms. The van der Waals surface area contributed by atoms with Gasteiger partial charge < -0.3 is 4.74 Å². The first kappa shape index (κ1) is 13.6. The lowest BCUT2D eigenvalue weighted by atomic mass is 10.0. The van der Waals surface area contributed by atoms with E-state index in [9.17, 15) is 9.59 Å². The standard InChI is InChI=1S/C10H17NO4/c1-7(2)9(13)15-10(3,4)6-8(12)11(5)14/h14H,1,6H2,2-5H3. The quantitative estimate of drug-likeness (QED) is 0.330. The topological polar surface area (TPSA) is 66.8 Å². The largest absolute Gasteiger partial charge is 0.456 e. The van der Waals surface area contributed by atoms with Crippen LogP contribution in [0.3, 0.4) is 0 Å². The van der Waals surface area contributed by atoms with Gasteiger partial charge in [-0.05, 0) is 20.8 Å². The predicted octanol–water partition coefficient (Wildman–Crippen LogP) is 1.12. The van der Waals surface area contributed by atoms with Crippen molar-refractivity contribution in [1.29, 1.82) is 0 Å². The number of ether oxygens (including phenoxy) is 1. The Labute approximate surface area is 89.3 Å². The van der Waals surface area contributed by atoms with Gasteiger partial charge in [0.25, 0.3) is 0 Å². The SMILES string of the molecule is C=C(C)C(=O)OC(C)(C)CC(=O)N(C)O. The van der Waals surface area contributed by atoms with Gasteiger partial charge in [-0.25, -0.2) is 9.86 Å². The molecule has 1 amide bonds. The third-order valence-electron chi connectivity index (χ3n) is 1.66. The molecule has 0 atom stereocenters. The minimum atomic E-state index is -0.954. The average Bonchev–Trinajstić information content (AvgIpc) is 2.01. The van der Waals surface area contributed by atoms with Gasteiger partial charge in [-0.1, -0.05) is 6.58 Å². The van der Waals surface area contributed by atoms with Crippen molar-refractivity contribution in [3.05, 3.63) is 12.2 Å². The first-order chi connectivity index (χ1) is 6.65. The van der Waals surface area contributed by atoms with Crippen LogP contribution in [0.5, 0.6) is 0 Å². The molecule has 0 fully saturated rings. The van der Waals surface area contributed by atoms with Crippen LogP contribution >= 0.6 is 0 Å². The van der Waals surface area contributed by atoms with Crippen LogP contribution in [0.4, 0.5) is 0 Å². The van der Waals surface area contributed by atoms with Gasteiger partial charge in [0.2, 0.25) is 5.91 Å². The first-order valence-electron chi connectivity index (χ1n) is 4.50. The fourth-order valence-electron chi connectivity index (χ4n) is 0.853. The van der Waals surface area contributed by atoms with E-state index in [1.54, 1.807) is 13.8 Å². The number of esters is 1. The molecule has 1 N–H and O–H groups in total. The van der Waals surface area contributed by atoms with E-state index in [2.05, 4.69) is 6.58 Å². The van der Waals surface area contributed by atoms with Crippen LogP contribution in [0.1, 0.15) is 27.2 Å². The Morgan fingerprint density at radius 3 is 2.27 bits per heavy atom. The molecule has 15 heavy (non-hydrogen) atoms. The van der Waals surface area contributed by atoms with Gasteiger partial charge in [0, 0.05) is 12.6 Å². The van der Waals surface area contributed by atoms with Gasteiger partial charge >= 0.3 is 5.97 Å². The molecule has 0 aromatic carbocycles. The van der Waals surface area contributed by atoms with E-state index >= 15 is 0 Å². The molecule has 0 rings (SSSR count). The Morgan fingerprint density at radius 1 is 1.47 bits per heavy atom. The van der Waals surface area contributed by atoms with E-state index < -0.39 is 17.5 Å². The summed E-state index contributed by atoms with van der Waals surface area (Å²) >= 11 is 0. The maximum atomic E-state index is 11.2. The molecule has 0 bridgehead atoms. The van der Waals surface area contributed by atoms with Gasteiger partial charge in [-0.15, -0.1) is 0 Å². The summed E-state index contributed by atoms with van der Waals surface area (Å²) in [5, 5.41) is 9.32. The van der Waals surface area contributed by atoms with Gasteiger partial charge in [0.05, 0.1) is 6.42 Å². The van der Waals surface area contributed by atoms with Crippen molar-refractivity contribution in [1.82, 2.24) is 5.06 Å². The Morgan fingerprint density at radius 2 is 1.93 bits per heavy atom. The first-order valence-corrected chi connectivity index (χ1v) is 4.50. The van der Waals surface area contributed by atoms with Crippen LogP contribution in [-0.4, -0.2) is 34.8 Å². The second-order valence-corrected chi connectivity index (χ2v) is 4.02. The van der Waals surface area contributed by atoms with Crippen LogP contribution in [0.15, 0.2) is 12.2 Å². The molecule has 0 aromatic heterocycles. The number of carbonyl (C=O) groups excluding carboxylic acids is 2. The average molecular weight is 215 g/mol. The zero-order chi connectivity index (χ0) is 12.2. The highest BCUT2D eigenvalue weighted by atomic mass is 16.6. The van der Waals surface area contributed by atoms with E-state index in [-0.39, 0.29) is 12.0 Å². The van der Waals surface area contributed by atoms with Crippen LogP contribution in [0.2, 0.25) is 0 Å². The highest BCUT2D eigenvalue weighted by Crippen LogP contribution is 2.17. The van der Waals surface area contributed by atoms with Gasteiger partial charge in [-0.2, -0.15) is 0 Å². The fourth-order valence-corrected chi connectivity index (χ4v) is 0.853. The minimum absolute atomic E-state index is 0.0843. The lowest BCUT2D eigenvalue weighted by Gasteiger charge is -2.25. The summed E-state index contributed by atoms with van der Waals surface area (Å²) in [7, 11) is 1.22. The van der Waals surface area contributed by atoms with Gasteiger partial charge in [0.1, 0.15) is 5.60 Å². The Kier molecular flexibility index (Phi) is 4.48. The predicted molar refractivity (Wildman–Crippen MR) is 54.2 cm³/mol. The van der Waals surface area contributed by atoms with Crippen molar-refractivity contribution in [2.75, 3.05) is 7.05 Å². The number of carbonyl (C=O) groups is 2. The third-order valence-corrected chi connectivity index (χ3v) is 1.66. The summed E-state index contributed by atoms with van der Waals surface area (Å²) in [6.07, 6.45) is -0.0843. The normalized spacial score (nSPS) is 10.7. The molecule has 0 saturated heterocycles. The van der Waals surface area contributed by atoms with Gasteiger partial charge in [0.15, 0.2) is 0 Å². The number of nitrogens with zero attached hydrogens (tertiary/aromatic N) is 1. The summed E-state index contributed by atoms with van der Waals surface area (Å²) < 4.78 is 5.02. The summed E-state index contributed by atoms with van der Waals surface area (Å²) in [5.74, 6) is -1.07. The molecule has 0 heterocycles. The lowest BCUT2D eigenvalue weighted by molar-refractivity contribution is -0.169. The molecule has 0 radical (unpaired) electrons. The monoisotopic (exact) mass is 215 g/mol. The smallest absolute Gasteiger partial charge is 0.333 e. The second kappa shape index (κ2) is 4.93. The summed E-state index contributed by atoms with van der Waals surface area (Å²) in [6.45, 7) is 8.15. The van der Waals surface area contributed by atoms with Crippen LogP contribution < -0.4 is 0 Å². The molecular weight excluding hydrogens is 198 g/mol. The van der Waals surface area contributed by atoms with Crippen LogP contribution in [0.25, 0.3) is 0 Å². The van der Waals surface area contributed by atoms with Crippen molar-refractivity contribution in [2.24, 2.45) is 0 Å². The van der Waals surface area contributed by atoms with Crippen molar-refractivity contribution in [2.45, 2.75) is 32.8 Å². The van der Waals surface area contributed by atoms with Gasteiger partial charge in [-0.3, -0.25) is 10.0 Å². The number of rotatable bonds is 4. The number of hydrogen-bond acceptors (Lipinski definition) is 4. The van der Waals surface area contributed by atoms with E-state index in [0.29, 0.717) is 5.06 Å². The molecule has 0 unspecified atom stereocenters. The highest BCUT2D eigenvalue weighted by Gasteiger charge is 2.27. The molecule has 0 aliphatic rings. The molecule has 86 valence electrons. The van der Waals surface area contributed by atoms with Crippen molar-refractivity contribution in [3.8, 4) is 0 Å². The molecule has 5 heteroatoms. The number of hydroxylamine groups is 2. The fraction of sp³-hybridized carbons (Fsp3) is 0.600. The summed E-state index contributed by atoms with van der Waals surface area (Å²) in [5.41, 5.74) is -0.683. The molecule has 0 saturated carbocycles. The van der Waals surface area contributed by atoms with Crippen molar-refractivity contribution < 1.29 is 19.5 Å². The van der Waals surface area contributed by atoms with Crippen LogP contribution in [0, 0.1) is 0 Å². The maximum Gasteiger partial charge on any atom is 0.333 e. The molecular formula is C10H17NO4. The zero-order valence-corrected chi connectivity index (χ0v) is 9.53. The van der Waals surface area contributed by atoms with E-state index in [1.165, 1.54) is 14.0 Å². The zero-order valence-electron chi connectivity index (χ0n) is 9.53. The van der Waals surface area contributed by atoms with Crippen LogP contribution in [-0.2, 0) is 14.3 Å². The van der Waals surface area contributed by atoms with E-state index in [1.807, 2.05) is 0 Å². The molecule has 5 nitrogen and oxygen atoms in total. The minimum Gasteiger partial charge on any atom is -0.456 e. The number of amides is 1. The third kappa shape index (κ3) is 5.17. The molecule has 0 aromatic rings. The lowest BCUT2D eigenvalue weighted by Crippen LogP contribution is -2.36. The summed E-state index contributed by atoms with van der Waals surface area (Å²) in [6, 6.07) is 0. The Balaban J connectivity index is 4.37. The van der Waals surface area contributed by atoms with Crippen molar-refractivity contribution in [3.63, 3.8) is 0 Å². The van der Waals surface area contributed by atoms with Crippen molar-refractivity contribution >= 4 is 11.9 Å². The highest BCUT2D eigenvalue weighted by molar-refractivity contribution is 5.87. The second-order valence-electron chi connectivity index (χ2n) is 4.02. The Bertz CT molecular complexity index is 281. The van der Waals surface area contributed by atoms with E-state index in [4.69, 9.17) is 9.94 Å². The number of hydrogen-bond donors (Lipinski definition) is 1. The summed E-state index contributed by atoms with van der Waals surface area (Å²) in [4.78, 5) is 22.4. The maximum absolute atomic E-state index is 11.2.